The molecule has 0 aliphatic rings. The van der Waals surface area contributed by atoms with Gasteiger partial charge in [-0.15, -0.1) is 0 Å². The first-order valence-electron chi connectivity index (χ1n) is 8.03. The van der Waals surface area contributed by atoms with Crippen molar-refractivity contribution >= 4 is 11.4 Å². The monoisotopic (exact) mass is 315 g/mol. The van der Waals surface area contributed by atoms with Crippen LogP contribution in [0, 0.1) is 6.92 Å². The lowest BCUT2D eigenvalue weighted by Crippen LogP contribution is -1.97. The molecule has 0 aromatic heterocycles. The minimum Gasteiger partial charge on any atom is -0.497 e. The lowest BCUT2D eigenvalue weighted by molar-refractivity contribution is 0.415. The van der Waals surface area contributed by atoms with Crippen molar-refractivity contribution in [2.24, 2.45) is 4.99 Å². The van der Waals surface area contributed by atoms with Gasteiger partial charge in [0, 0.05) is 11.3 Å². The third kappa shape index (κ3) is 3.54. The fourth-order valence-electron chi connectivity index (χ4n) is 2.69. The summed E-state index contributed by atoms with van der Waals surface area (Å²) < 4.78 is 5.20. The number of nitrogens with zero attached hydrogens (tertiary/aromatic N) is 1. The minimum atomic E-state index is 0.839. The van der Waals surface area contributed by atoms with Crippen molar-refractivity contribution in [3.05, 3.63) is 83.9 Å². The number of benzene rings is 3. The van der Waals surface area contributed by atoms with Crippen LogP contribution in [0.2, 0.25) is 0 Å². The number of rotatable bonds is 4. The highest BCUT2D eigenvalue weighted by Crippen LogP contribution is 2.26. The Balaban J connectivity index is 1.99. The molecule has 0 unspecified atom stereocenters. The topological polar surface area (TPSA) is 21.6 Å². The predicted octanol–water partition coefficient (Wildman–Crippen LogP) is 5.81. The van der Waals surface area contributed by atoms with Gasteiger partial charge < -0.3 is 4.74 Å². The molecule has 0 amide bonds. The van der Waals surface area contributed by atoms with E-state index in [4.69, 9.17) is 9.73 Å². The van der Waals surface area contributed by atoms with Crippen LogP contribution in [0.3, 0.4) is 0 Å². The van der Waals surface area contributed by atoms with Crippen LogP contribution in [0.5, 0.6) is 5.75 Å². The van der Waals surface area contributed by atoms with Gasteiger partial charge in [-0.05, 0) is 49.2 Å². The van der Waals surface area contributed by atoms with Crippen molar-refractivity contribution < 1.29 is 4.74 Å². The van der Waals surface area contributed by atoms with Crippen LogP contribution in [-0.4, -0.2) is 12.8 Å². The summed E-state index contributed by atoms with van der Waals surface area (Å²) in [5.74, 6) is 0.839. The average molecular weight is 315 g/mol. The Morgan fingerprint density at radius 3 is 2.17 bits per heavy atom. The highest BCUT2D eigenvalue weighted by molar-refractivity contribution is 6.05. The van der Waals surface area contributed by atoms with Gasteiger partial charge in [0.1, 0.15) is 5.75 Å². The van der Waals surface area contributed by atoms with E-state index in [1.165, 1.54) is 16.7 Å². The van der Waals surface area contributed by atoms with E-state index < -0.39 is 0 Å². The van der Waals surface area contributed by atoms with Crippen LogP contribution in [0.15, 0.2) is 77.8 Å². The van der Waals surface area contributed by atoms with Crippen molar-refractivity contribution in [1.82, 2.24) is 0 Å². The Morgan fingerprint density at radius 1 is 0.833 bits per heavy atom. The second kappa shape index (κ2) is 7.14. The van der Waals surface area contributed by atoms with Gasteiger partial charge in [-0.25, -0.2) is 0 Å². The predicted molar refractivity (Wildman–Crippen MR) is 101 cm³/mol. The van der Waals surface area contributed by atoms with Gasteiger partial charge in [0.2, 0.25) is 0 Å². The molecule has 120 valence electrons. The second-order valence-corrected chi connectivity index (χ2v) is 5.81. The molecule has 0 aliphatic carbocycles. The lowest BCUT2D eigenvalue weighted by atomic mass is 9.96. The molecule has 0 spiro atoms. The Hall–Kier alpha value is -2.87. The molecule has 0 N–H and O–H groups in total. The zero-order valence-electron chi connectivity index (χ0n) is 14.3. The maximum atomic E-state index is 5.20. The minimum absolute atomic E-state index is 0.839. The standard InChI is InChI=1S/C22H21NO/c1-16-8-10-18(11-9-16)22-7-5-4-6-21(22)17(2)23-19-12-14-20(24-3)15-13-19/h4-15H,1-3H3. The van der Waals surface area contributed by atoms with Crippen LogP contribution < -0.4 is 4.74 Å². The molecular formula is C22H21NO. The first-order valence-corrected chi connectivity index (χ1v) is 8.03. The Kier molecular flexibility index (Phi) is 4.76. The van der Waals surface area contributed by atoms with E-state index in [0.717, 1.165) is 22.7 Å². The molecular weight excluding hydrogens is 294 g/mol. The SMILES string of the molecule is COc1ccc(N=C(C)c2ccccc2-c2ccc(C)cc2)cc1. The molecule has 0 bridgehead atoms. The first-order chi connectivity index (χ1) is 11.7. The summed E-state index contributed by atoms with van der Waals surface area (Å²) >= 11 is 0. The fourth-order valence-corrected chi connectivity index (χ4v) is 2.69. The van der Waals surface area contributed by atoms with Crippen molar-refractivity contribution in [1.29, 1.82) is 0 Å². The largest absolute Gasteiger partial charge is 0.497 e. The molecule has 2 nitrogen and oxygen atoms in total. The highest BCUT2D eigenvalue weighted by Gasteiger charge is 2.07. The van der Waals surface area contributed by atoms with E-state index in [1.807, 2.05) is 24.3 Å². The van der Waals surface area contributed by atoms with Crippen LogP contribution in [0.4, 0.5) is 5.69 Å². The highest BCUT2D eigenvalue weighted by atomic mass is 16.5. The molecule has 0 aliphatic heterocycles. The van der Waals surface area contributed by atoms with E-state index in [1.54, 1.807) is 7.11 Å². The van der Waals surface area contributed by atoms with Gasteiger partial charge in [-0.2, -0.15) is 0 Å². The van der Waals surface area contributed by atoms with Crippen molar-refractivity contribution in [2.75, 3.05) is 7.11 Å². The number of methoxy groups -OCH3 is 1. The van der Waals surface area contributed by atoms with Crippen LogP contribution in [-0.2, 0) is 0 Å². The van der Waals surface area contributed by atoms with Crippen LogP contribution in [0.1, 0.15) is 18.1 Å². The van der Waals surface area contributed by atoms with Gasteiger partial charge >= 0.3 is 0 Å². The smallest absolute Gasteiger partial charge is 0.119 e. The summed E-state index contributed by atoms with van der Waals surface area (Å²) in [5, 5.41) is 0. The van der Waals surface area contributed by atoms with Crippen molar-refractivity contribution in [3.8, 4) is 16.9 Å². The molecule has 0 heterocycles. The third-order valence-electron chi connectivity index (χ3n) is 4.05. The summed E-state index contributed by atoms with van der Waals surface area (Å²) in [7, 11) is 1.67. The number of hydrogen-bond donors (Lipinski definition) is 0. The second-order valence-electron chi connectivity index (χ2n) is 5.81. The molecule has 24 heavy (non-hydrogen) atoms. The Bertz CT molecular complexity index is 846. The van der Waals surface area contributed by atoms with Gasteiger partial charge in [-0.3, -0.25) is 4.99 Å². The number of aryl methyl sites for hydroxylation is 1. The lowest BCUT2D eigenvalue weighted by Gasteiger charge is -2.10. The van der Waals surface area contributed by atoms with Crippen LogP contribution >= 0.6 is 0 Å². The molecule has 0 saturated heterocycles. The number of hydrogen-bond acceptors (Lipinski definition) is 2. The third-order valence-corrected chi connectivity index (χ3v) is 4.05. The summed E-state index contributed by atoms with van der Waals surface area (Å²) in [6, 6.07) is 24.8. The number of ether oxygens (including phenoxy) is 1. The average Bonchev–Trinajstić information content (AvgIpc) is 2.63. The van der Waals surface area contributed by atoms with Gasteiger partial charge in [0.05, 0.1) is 12.8 Å². The summed E-state index contributed by atoms with van der Waals surface area (Å²) in [4.78, 5) is 4.77. The van der Waals surface area contributed by atoms with Crippen LogP contribution in [0.25, 0.3) is 11.1 Å². The van der Waals surface area contributed by atoms with E-state index in [9.17, 15) is 0 Å². The Labute approximate surface area is 143 Å². The van der Waals surface area contributed by atoms with E-state index >= 15 is 0 Å². The molecule has 0 fully saturated rings. The van der Waals surface area contributed by atoms with Crippen molar-refractivity contribution in [2.45, 2.75) is 13.8 Å². The molecule has 3 aromatic carbocycles. The molecule has 2 heteroatoms. The van der Waals surface area contributed by atoms with Crippen molar-refractivity contribution in [3.63, 3.8) is 0 Å². The summed E-state index contributed by atoms with van der Waals surface area (Å²) in [5.41, 5.74) is 6.74. The molecule has 3 rings (SSSR count). The summed E-state index contributed by atoms with van der Waals surface area (Å²) in [6.45, 7) is 4.16. The van der Waals surface area contributed by atoms with Gasteiger partial charge in [0.25, 0.3) is 0 Å². The van der Waals surface area contributed by atoms with Gasteiger partial charge in [-0.1, -0.05) is 54.1 Å². The van der Waals surface area contributed by atoms with E-state index in [2.05, 4.69) is 62.4 Å². The molecule has 0 saturated carbocycles. The molecule has 0 radical (unpaired) electrons. The zero-order chi connectivity index (χ0) is 16.9. The van der Waals surface area contributed by atoms with E-state index in [-0.39, 0.29) is 0 Å². The molecule has 0 atom stereocenters. The normalized spacial score (nSPS) is 11.4. The van der Waals surface area contributed by atoms with Gasteiger partial charge in [0.15, 0.2) is 0 Å². The zero-order valence-corrected chi connectivity index (χ0v) is 14.3. The molecule has 3 aromatic rings. The summed E-state index contributed by atoms with van der Waals surface area (Å²) in [6.07, 6.45) is 0. The first kappa shape index (κ1) is 16.0. The quantitative estimate of drug-likeness (QED) is 0.557. The Morgan fingerprint density at radius 2 is 1.50 bits per heavy atom. The maximum Gasteiger partial charge on any atom is 0.119 e. The van der Waals surface area contributed by atoms with E-state index in [0.29, 0.717) is 0 Å². The maximum absolute atomic E-state index is 5.20. The number of aliphatic imine (C=N–C) groups is 1. The fraction of sp³-hybridized carbons (Fsp3) is 0.136.